The molecule has 0 aliphatic heterocycles. The monoisotopic (exact) mass is 1040 g/mol. The number of esters is 3. The van der Waals surface area contributed by atoms with Gasteiger partial charge in [-0.1, -0.05) is 298 Å². The van der Waals surface area contributed by atoms with Crippen LogP contribution in [-0.2, 0) is 28.6 Å². The number of carbonyl (C=O) groups is 3. The molecule has 6 nitrogen and oxygen atoms in total. The quantitative estimate of drug-likeness (QED) is 0.0261. The molecule has 0 rings (SSSR count). The summed E-state index contributed by atoms with van der Waals surface area (Å²) in [6.07, 6.45) is 83.3. The van der Waals surface area contributed by atoms with Crippen molar-refractivity contribution < 1.29 is 28.6 Å². The maximum absolute atomic E-state index is 12.9. The first-order valence-electron chi connectivity index (χ1n) is 32.1. The SMILES string of the molecule is CC/C=C\C/C=C\C/C=C\C/C=C\C/C=C\CCCC(=O)OC(COC(=O)CCCCCCC/C=C\C/C=C\CCC)COC(=O)CCCCCCCCCCCCCCCCCCCCCCCCCCCCC. The predicted molar refractivity (Wildman–Crippen MR) is 325 cm³/mol. The minimum atomic E-state index is -0.812. The highest BCUT2D eigenvalue weighted by Gasteiger charge is 2.19. The molecule has 75 heavy (non-hydrogen) atoms. The fourth-order valence-corrected chi connectivity index (χ4v) is 9.11. The average Bonchev–Trinajstić information content (AvgIpc) is 3.41. The van der Waals surface area contributed by atoms with Gasteiger partial charge in [0.05, 0.1) is 0 Å². The van der Waals surface area contributed by atoms with Gasteiger partial charge in [0.2, 0.25) is 0 Å². The third-order valence-corrected chi connectivity index (χ3v) is 13.9. The van der Waals surface area contributed by atoms with Crippen LogP contribution >= 0.6 is 0 Å². The molecule has 1 atom stereocenters. The van der Waals surface area contributed by atoms with Crippen LogP contribution in [0, 0.1) is 0 Å². The van der Waals surface area contributed by atoms with Crippen molar-refractivity contribution in [2.45, 2.75) is 322 Å². The second-order valence-electron chi connectivity index (χ2n) is 21.3. The van der Waals surface area contributed by atoms with Gasteiger partial charge in [-0.2, -0.15) is 0 Å². The van der Waals surface area contributed by atoms with Crippen molar-refractivity contribution >= 4 is 17.9 Å². The Bertz CT molecular complexity index is 1430. The third kappa shape index (κ3) is 61.3. The molecule has 0 aromatic rings. The lowest BCUT2D eigenvalue weighted by Crippen LogP contribution is -2.30. The summed E-state index contributed by atoms with van der Waals surface area (Å²) >= 11 is 0. The topological polar surface area (TPSA) is 78.9 Å². The first-order valence-corrected chi connectivity index (χ1v) is 32.1. The van der Waals surface area contributed by atoms with Crippen LogP contribution in [0.4, 0.5) is 0 Å². The summed E-state index contributed by atoms with van der Waals surface area (Å²) in [4.78, 5) is 38.2. The van der Waals surface area contributed by atoms with Gasteiger partial charge in [0.15, 0.2) is 6.10 Å². The van der Waals surface area contributed by atoms with Gasteiger partial charge < -0.3 is 14.2 Å². The van der Waals surface area contributed by atoms with Crippen molar-refractivity contribution in [3.63, 3.8) is 0 Å². The molecule has 0 fully saturated rings. The molecule has 0 N–H and O–H groups in total. The molecule has 6 heteroatoms. The summed E-state index contributed by atoms with van der Waals surface area (Å²) in [6.45, 7) is 6.44. The number of allylic oxidation sites excluding steroid dienone is 14. The zero-order chi connectivity index (χ0) is 54.3. The van der Waals surface area contributed by atoms with Crippen LogP contribution in [0.3, 0.4) is 0 Å². The van der Waals surface area contributed by atoms with Crippen molar-refractivity contribution in [2.24, 2.45) is 0 Å². The van der Waals surface area contributed by atoms with Gasteiger partial charge in [0, 0.05) is 19.3 Å². The lowest BCUT2D eigenvalue weighted by Gasteiger charge is -2.18. The molecule has 432 valence electrons. The average molecular weight is 1050 g/mol. The Morgan fingerprint density at radius 3 is 0.907 bits per heavy atom. The molecule has 0 amide bonds. The van der Waals surface area contributed by atoms with E-state index in [0.717, 1.165) is 109 Å². The Labute approximate surface area is 465 Å². The number of rotatable bonds is 58. The van der Waals surface area contributed by atoms with Crippen molar-refractivity contribution in [3.05, 3.63) is 85.1 Å². The molecule has 0 aliphatic carbocycles. The molecule has 0 radical (unpaired) electrons. The highest BCUT2D eigenvalue weighted by Crippen LogP contribution is 2.17. The Morgan fingerprint density at radius 2 is 0.560 bits per heavy atom. The van der Waals surface area contributed by atoms with E-state index in [4.69, 9.17) is 14.2 Å². The maximum Gasteiger partial charge on any atom is 0.306 e. The molecule has 0 heterocycles. The third-order valence-electron chi connectivity index (χ3n) is 13.9. The van der Waals surface area contributed by atoms with Crippen LogP contribution in [-0.4, -0.2) is 37.2 Å². The maximum atomic E-state index is 12.9. The van der Waals surface area contributed by atoms with Crippen LogP contribution in [0.5, 0.6) is 0 Å². The molecule has 0 bridgehead atoms. The first-order chi connectivity index (χ1) is 37.0. The fourth-order valence-electron chi connectivity index (χ4n) is 9.11. The van der Waals surface area contributed by atoms with E-state index in [1.54, 1.807) is 0 Å². The Morgan fingerprint density at radius 1 is 0.280 bits per heavy atom. The standard InChI is InChI=1S/C69H120O6/c1-4-7-10-13-16-19-22-25-27-29-30-31-32-33-34-35-36-37-38-40-41-44-47-50-53-56-59-62-68(71)74-65-66(64-73-67(70)61-58-55-52-49-46-43-24-21-18-15-12-9-6-3)75-69(72)63-60-57-54-51-48-45-42-39-28-26-23-20-17-14-11-8-5-2/h8,11-12,15,17,20-21,24,26,28,42,45,51,54,66H,4-7,9-10,13-14,16,18-19,22-23,25,27,29-41,43-44,46-50,52-53,55-65H2,1-3H3/b11-8-,15-12-,20-17-,24-21-,28-26-,45-42-,54-51-. The van der Waals surface area contributed by atoms with E-state index in [2.05, 4.69) is 106 Å². The van der Waals surface area contributed by atoms with Crippen molar-refractivity contribution in [2.75, 3.05) is 13.2 Å². The summed E-state index contributed by atoms with van der Waals surface area (Å²) in [5, 5.41) is 0. The molecule has 1 unspecified atom stereocenters. The lowest BCUT2D eigenvalue weighted by atomic mass is 10.0. The van der Waals surface area contributed by atoms with Gasteiger partial charge in [-0.25, -0.2) is 0 Å². The van der Waals surface area contributed by atoms with E-state index >= 15 is 0 Å². The summed E-state index contributed by atoms with van der Waals surface area (Å²) < 4.78 is 16.8. The van der Waals surface area contributed by atoms with Crippen LogP contribution < -0.4 is 0 Å². The van der Waals surface area contributed by atoms with Crippen LogP contribution in [0.15, 0.2) is 85.1 Å². The van der Waals surface area contributed by atoms with Crippen LogP contribution in [0.25, 0.3) is 0 Å². The van der Waals surface area contributed by atoms with Crippen molar-refractivity contribution in [1.29, 1.82) is 0 Å². The van der Waals surface area contributed by atoms with Gasteiger partial charge in [0.1, 0.15) is 13.2 Å². The predicted octanol–water partition coefficient (Wildman–Crippen LogP) is 21.9. The fraction of sp³-hybridized carbons (Fsp3) is 0.754. The van der Waals surface area contributed by atoms with E-state index in [0.29, 0.717) is 19.3 Å². The van der Waals surface area contributed by atoms with Crippen molar-refractivity contribution in [3.8, 4) is 0 Å². The molecule has 0 saturated carbocycles. The van der Waals surface area contributed by atoms with Crippen LogP contribution in [0.1, 0.15) is 316 Å². The van der Waals surface area contributed by atoms with Crippen molar-refractivity contribution in [1.82, 2.24) is 0 Å². The molecule has 0 spiro atoms. The van der Waals surface area contributed by atoms with E-state index in [1.807, 2.05) is 0 Å². The highest BCUT2D eigenvalue weighted by molar-refractivity contribution is 5.71. The largest absolute Gasteiger partial charge is 0.462 e. The summed E-state index contributed by atoms with van der Waals surface area (Å²) in [5.74, 6) is -0.965. The molecule has 0 aliphatic rings. The van der Waals surface area contributed by atoms with E-state index in [9.17, 15) is 14.4 Å². The Kier molecular flexibility index (Phi) is 60.3. The minimum Gasteiger partial charge on any atom is -0.462 e. The second-order valence-corrected chi connectivity index (χ2v) is 21.3. The number of unbranched alkanes of at least 4 members (excludes halogenated alkanes) is 33. The van der Waals surface area contributed by atoms with E-state index < -0.39 is 6.10 Å². The van der Waals surface area contributed by atoms with Gasteiger partial charge in [-0.15, -0.1) is 0 Å². The number of hydrogen-bond acceptors (Lipinski definition) is 6. The van der Waals surface area contributed by atoms with Crippen LogP contribution in [0.2, 0.25) is 0 Å². The number of hydrogen-bond donors (Lipinski definition) is 0. The van der Waals surface area contributed by atoms with Gasteiger partial charge in [0.25, 0.3) is 0 Å². The summed E-state index contributed by atoms with van der Waals surface area (Å²) in [7, 11) is 0. The molecule has 0 saturated heterocycles. The summed E-state index contributed by atoms with van der Waals surface area (Å²) in [6, 6.07) is 0. The van der Waals surface area contributed by atoms with Gasteiger partial charge in [-0.05, 0) is 83.5 Å². The van der Waals surface area contributed by atoms with E-state index in [1.165, 1.54) is 161 Å². The zero-order valence-electron chi connectivity index (χ0n) is 49.6. The Hall–Kier alpha value is -3.41. The van der Waals surface area contributed by atoms with E-state index in [-0.39, 0.29) is 37.5 Å². The molecule has 0 aromatic heterocycles. The first kappa shape index (κ1) is 71.6. The zero-order valence-corrected chi connectivity index (χ0v) is 49.6. The minimum absolute atomic E-state index is 0.102. The smallest absolute Gasteiger partial charge is 0.306 e. The molecular formula is C69H120O6. The Balaban J connectivity index is 4.29. The summed E-state index contributed by atoms with van der Waals surface area (Å²) in [5.41, 5.74) is 0. The molecular weight excluding hydrogens is 925 g/mol. The van der Waals surface area contributed by atoms with Gasteiger partial charge in [-0.3, -0.25) is 14.4 Å². The molecule has 0 aromatic carbocycles. The highest BCUT2D eigenvalue weighted by atomic mass is 16.6. The van der Waals surface area contributed by atoms with Gasteiger partial charge >= 0.3 is 17.9 Å². The normalized spacial score (nSPS) is 12.6. The second kappa shape index (κ2) is 63.1. The lowest BCUT2D eigenvalue weighted by molar-refractivity contribution is -0.167. The number of ether oxygens (including phenoxy) is 3. The number of carbonyl (C=O) groups excluding carboxylic acids is 3.